The van der Waals surface area contributed by atoms with Crippen LogP contribution in [-0.4, -0.2) is 36.1 Å². The normalized spacial score (nSPS) is 11.8. The molecule has 0 aliphatic heterocycles. The van der Waals surface area contributed by atoms with E-state index in [0.717, 1.165) is 4.90 Å². The Morgan fingerprint density at radius 1 is 1.48 bits per heavy atom. The lowest BCUT2D eigenvalue weighted by Crippen LogP contribution is -2.25. The van der Waals surface area contributed by atoms with Gasteiger partial charge in [-0.05, 0) is 13.0 Å². The van der Waals surface area contributed by atoms with E-state index < -0.39 is 17.3 Å². The van der Waals surface area contributed by atoms with Crippen LogP contribution in [0.4, 0.5) is 16.2 Å². The molecule has 1 rings (SSSR count). The quantitative estimate of drug-likeness (QED) is 0.471. The molecular formula is C13H18N2O6. The summed E-state index contributed by atoms with van der Waals surface area (Å²) in [5.41, 5.74) is -0.368. The topological polar surface area (TPSA) is 102 Å². The summed E-state index contributed by atoms with van der Waals surface area (Å²) in [6.45, 7) is 4.16. The molecule has 1 aromatic rings. The summed E-state index contributed by atoms with van der Waals surface area (Å²) in [7, 11) is 1.23. The van der Waals surface area contributed by atoms with Crippen molar-refractivity contribution in [2.75, 3.05) is 18.6 Å². The number of anilines is 1. The van der Waals surface area contributed by atoms with Crippen LogP contribution in [0.15, 0.2) is 18.2 Å². The number of benzene rings is 1. The molecule has 1 N–H and O–H groups in total. The fourth-order valence-corrected chi connectivity index (χ4v) is 1.68. The lowest BCUT2D eigenvalue weighted by molar-refractivity contribution is -0.384. The summed E-state index contributed by atoms with van der Waals surface area (Å²) in [6, 6.07) is 3.94. The monoisotopic (exact) mass is 298 g/mol. The average Bonchev–Trinajstić information content (AvgIpc) is 2.45. The van der Waals surface area contributed by atoms with Crippen LogP contribution in [0, 0.1) is 10.1 Å². The van der Waals surface area contributed by atoms with E-state index in [4.69, 9.17) is 14.6 Å². The van der Waals surface area contributed by atoms with E-state index in [0.29, 0.717) is 18.8 Å². The summed E-state index contributed by atoms with van der Waals surface area (Å²) in [6.07, 6.45) is -1.19. The van der Waals surface area contributed by atoms with Gasteiger partial charge in [0, 0.05) is 32.2 Å². The molecule has 1 unspecified atom stereocenters. The van der Waals surface area contributed by atoms with E-state index >= 15 is 0 Å². The first kappa shape index (κ1) is 16.7. The number of nitro groups is 1. The van der Waals surface area contributed by atoms with Crippen LogP contribution in [0.5, 0.6) is 5.75 Å². The molecule has 8 heteroatoms. The van der Waals surface area contributed by atoms with Gasteiger partial charge in [-0.25, -0.2) is 4.79 Å². The van der Waals surface area contributed by atoms with Gasteiger partial charge in [-0.3, -0.25) is 15.0 Å². The highest BCUT2D eigenvalue weighted by Gasteiger charge is 2.22. The van der Waals surface area contributed by atoms with E-state index in [-0.39, 0.29) is 11.4 Å². The third-order valence-corrected chi connectivity index (χ3v) is 2.75. The summed E-state index contributed by atoms with van der Waals surface area (Å²) in [4.78, 5) is 22.1. The van der Waals surface area contributed by atoms with Crippen LogP contribution in [0.3, 0.4) is 0 Å². The molecule has 0 aliphatic carbocycles. The van der Waals surface area contributed by atoms with Crippen LogP contribution in [-0.2, 0) is 4.74 Å². The number of nitro benzene ring substituents is 1. The van der Waals surface area contributed by atoms with Crippen molar-refractivity contribution in [2.45, 2.75) is 26.6 Å². The van der Waals surface area contributed by atoms with Crippen LogP contribution in [0.1, 0.15) is 20.3 Å². The molecule has 116 valence electrons. The number of carboxylic acid groups (broad SMARTS) is 1. The zero-order valence-electron chi connectivity index (χ0n) is 12.1. The van der Waals surface area contributed by atoms with Crippen molar-refractivity contribution in [3.05, 3.63) is 28.3 Å². The van der Waals surface area contributed by atoms with Gasteiger partial charge >= 0.3 is 6.09 Å². The first-order valence-electron chi connectivity index (χ1n) is 6.44. The number of hydrogen-bond acceptors (Lipinski definition) is 5. The number of nitrogens with zero attached hydrogens (tertiary/aromatic N) is 2. The smallest absolute Gasteiger partial charge is 0.411 e. The maximum atomic E-state index is 11.0. The number of ether oxygens (including phenoxy) is 2. The molecular weight excluding hydrogens is 280 g/mol. The number of amides is 1. The van der Waals surface area contributed by atoms with Gasteiger partial charge in [-0.15, -0.1) is 0 Å². The molecule has 0 bridgehead atoms. The maximum absolute atomic E-state index is 11.0. The predicted octanol–water partition coefficient (Wildman–Crippen LogP) is 2.86. The van der Waals surface area contributed by atoms with Crippen LogP contribution >= 0.6 is 0 Å². The molecule has 1 atom stereocenters. The Balaban J connectivity index is 3.11. The summed E-state index contributed by atoms with van der Waals surface area (Å²) in [5, 5.41) is 19.9. The maximum Gasteiger partial charge on any atom is 0.411 e. The van der Waals surface area contributed by atoms with Crippen molar-refractivity contribution >= 4 is 17.5 Å². The minimum absolute atomic E-state index is 0.0589. The van der Waals surface area contributed by atoms with E-state index in [1.54, 1.807) is 0 Å². The van der Waals surface area contributed by atoms with Crippen molar-refractivity contribution in [3.63, 3.8) is 0 Å². The molecule has 0 aliphatic rings. The minimum atomic E-state index is -1.30. The molecule has 1 aromatic carbocycles. The molecule has 0 heterocycles. The van der Waals surface area contributed by atoms with Crippen molar-refractivity contribution in [1.82, 2.24) is 0 Å². The van der Waals surface area contributed by atoms with Gasteiger partial charge in [0.25, 0.3) is 5.69 Å². The van der Waals surface area contributed by atoms with Gasteiger partial charge in [0.05, 0.1) is 4.92 Å². The largest absolute Gasteiger partial charge is 0.465 e. The Bertz CT molecular complexity index is 519. The Morgan fingerprint density at radius 3 is 2.62 bits per heavy atom. The van der Waals surface area contributed by atoms with Gasteiger partial charge in [-0.2, -0.15) is 0 Å². The molecule has 21 heavy (non-hydrogen) atoms. The molecule has 8 nitrogen and oxygen atoms in total. The highest BCUT2D eigenvalue weighted by molar-refractivity contribution is 5.89. The van der Waals surface area contributed by atoms with Gasteiger partial charge in [-0.1, -0.05) is 6.92 Å². The third kappa shape index (κ3) is 4.32. The van der Waals surface area contributed by atoms with Gasteiger partial charge in [0.15, 0.2) is 6.29 Å². The minimum Gasteiger partial charge on any atom is -0.465 e. The summed E-state index contributed by atoms with van der Waals surface area (Å²) < 4.78 is 10.9. The van der Waals surface area contributed by atoms with E-state index in [2.05, 4.69) is 0 Å². The van der Waals surface area contributed by atoms with Crippen molar-refractivity contribution in [3.8, 4) is 5.75 Å². The van der Waals surface area contributed by atoms with E-state index in [1.807, 2.05) is 13.8 Å². The van der Waals surface area contributed by atoms with Crippen molar-refractivity contribution in [1.29, 1.82) is 0 Å². The number of hydrogen-bond donors (Lipinski definition) is 1. The molecule has 0 saturated heterocycles. The van der Waals surface area contributed by atoms with Gasteiger partial charge in [0.1, 0.15) is 11.4 Å². The number of carbonyl (C=O) groups is 1. The third-order valence-electron chi connectivity index (χ3n) is 2.75. The highest BCUT2D eigenvalue weighted by atomic mass is 16.7. The first-order chi connectivity index (χ1) is 9.90. The molecule has 0 radical (unpaired) electrons. The molecule has 0 fully saturated rings. The Kier molecular flexibility index (Phi) is 5.92. The van der Waals surface area contributed by atoms with Crippen molar-refractivity contribution < 1.29 is 24.3 Å². The Labute approximate surface area is 122 Å². The zero-order valence-corrected chi connectivity index (χ0v) is 12.1. The molecule has 0 saturated carbocycles. The molecule has 1 amide bonds. The van der Waals surface area contributed by atoms with Crippen LogP contribution in [0.25, 0.3) is 0 Å². The summed E-state index contributed by atoms with van der Waals surface area (Å²) in [5.74, 6) is 0.309. The fraction of sp³-hybridized carbons (Fsp3) is 0.462. The Hall–Kier alpha value is -2.35. The Morgan fingerprint density at radius 2 is 2.14 bits per heavy atom. The SMILES string of the molecule is CCOC(CC)Oc1ccc([N+](=O)[O-])c(N(C)C(=O)O)c1. The second kappa shape index (κ2) is 7.44. The van der Waals surface area contributed by atoms with Gasteiger partial charge < -0.3 is 14.6 Å². The van der Waals surface area contributed by atoms with Crippen LogP contribution in [0.2, 0.25) is 0 Å². The van der Waals surface area contributed by atoms with Crippen molar-refractivity contribution in [2.24, 2.45) is 0 Å². The molecule has 0 spiro atoms. The zero-order chi connectivity index (χ0) is 16.0. The second-order valence-electron chi connectivity index (χ2n) is 4.16. The highest BCUT2D eigenvalue weighted by Crippen LogP contribution is 2.32. The van der Waals surface area contributed by atoms with Gasteiger partial charge in [0.2, 0.25) is 0 Å². The van der Waals surface area contributed by atoms with E-state index in [1.165, 1.54) is 25.2 Å². The van der Waals surface area contributed by atoms with Crippen LogP contribution < -0.4 is 9.64 Å². The lowest BCUT2D eigenvalue weighted by atomic mass is 10.2. The second-order valence-corrected chi connectivity index (χ2v) is 4.16. The standard InChI is InChI=1S/C13H18N2O6/c1-4-12(20-5-2)21-9-6-7-10(15(18)19)11(8-9)14(3)13(16)17/h6-8,12H,4-5H2,1-3H3,(H,16,17). The molecule has 0 aromatic heterocycles. The summed E-state index contributed by atoms with van der Waals surface area (Å²) >= 11 is 0. The van der Waals surface area contributed by atoms with E-state index in [9.17, 15) is 14.9 Å². The number of rotatable bonds is 7. The lowest BCUT2D eigenvalue weighted by Gasteiger charge is -2.19. The fourth-order valence-electron chi connectivity index (χ4n) is 1.68. The average molecular weight is 298 g/mol. The predicted molar refractivity (Wildman–Crippen MR) is 75.9 cm³/mol. The first-order valence-corrected chi connectivity index (χ1v) is 6.44.